The highest BCUT2D eigenvalue weighted by molar-refractivity contribution is 5.93. The van der Waals surface area contributed by atoms with Crippen molar-refractivity contribution in [3.63, 3.8) is 0 Å². The molecule has 0 spiro atoms. The van der Waals surface area contributed by atoms with Crippen molar-refractivity contribution < 1.29 is 4.79 Å². The van der Waals surface area contributed by atoms with Gasteiger partial charge in [-0.1, -0.05) is 55.3 Å². The number of ketones is 1. The van der Waals surface area contributed by atoms with E-state index in [0.717, 1.165) is 25.7 Å². The summed E-state index contributed by atoms with van der Waals surface area (Å²) in [7, 11) is 0. The van der Waals surface area contributed by atoms with Crippen LogP contribution in [0.4, 0.5) is 0 Å². The summed E-state index contributed by atoms with van der Waals surface area (Å²) < 4.78 is 0. The molecule has 1 N–H and O–H groups in total. The van der Waals surface area contributed by atoms with Gasteiger partial charge in [-0.3, -0.25) is 0 Å². The molecule has 0 fully saturated rings. The number of fused-ring (bicyclic) bond motifs is 5. The Kier molecular flexibility index (Phi) is 4.44. The number of nitrogens with one attached hydrogen (secondary N) is 1. The first-order chi connectivity index (χ1) is 12.2. The molecule has 4 rings (SSSR count). The van der Waals surface area contributed by atoms with Gasteiger partial charge in [0.25, 0.3) is 0 Å². The zero-order valence-electron chi connectivity index (χ0n) is 14.8. The Bertz CT molecular complexity index is 905. The van der Waals surface area contributed by atoms with Gasteiger partial charge in [-0.05, 0) is 49.3 Å². The molecular formula is C23H25NO. The molecule has 0 saturated carbocycles. The molecule has 1 aromatic heterocycles. The van der Waals surface area contributed by atoms with E-state index in [1.807, 2.05) is 0 Å². The normalized spacial score (nSPS) is 15.8. The largest absolute Gasteiger partial charge is 0.354 e. The van der Waals surface area contributed by atoms with Gasteiger partial charge in [0.2, 0.25) is 0 Å². The predicted molar refractivity (Wildman–Crippen MR) is 104 cm³/mol. The molecule has 0 amide bonds. The summed E-state index contributed by atoms with van der Waals surface area (Å²) in [6, 6.07) is 17.5. The summed E-state index contributed by atoms with van der Waals surface area (Å²) in [5, 5.41) is 1.38. The molecule has 0 radical (unpaired) electrons. The average molecular weight is 331 g/mol. The van der Waals surface area contributed by atoms with E-state index in [1.165, 1.54) is 46.1 Å². The van der Waals surface area contributed by atoms with Crippen LogP contribution < -0.4 is 0 Å². The van der Waals surface area contributed by atoms with Crippen LogP contribution in [0.25, 0.3) is 22.2 Å². The second-order valence-corrected chi connectivity index (χ2v) is 7.32. The van der Waals surface area contributed by atoms with Crippen molar-refractivity contribution in [2.24, 2.45) is 0 Å². The zero-order chi connectivity index (χ0) is 17.2. The van der Waals surface area contributed by atoms with Gasteiger partial charge in [-0.25, -0.2) is 0 Å². The van der Waals surface area contributed by atoms with Crippen LogP contribution in [0.15, 0.2) is 48.5 Å². The summed E-state index contributed by atoms with van der Waals surface area (Å²) in [5.41, 5.74) is 6.88. The van der Waals surface area contributed by atoms with E-state index in [2.05, 4.69) is 53.5 Å². The van der Waals surface area contributed by atoms with Gasteiger partial charge in [0, 0.05) is 22.9 Å². The standard InChI is InChI=1S/C23H25NO/c1-16(25)9-3-2-4-11-18-15-17-10-5-6-12-19(17)23-22(18)20-13-7-8-14-21(20)24-23/h5-8,10,12-14,18,24H,2-4,9,11,15H2,1H3. The number of carbonyl (C=O) groups is 1. The highest BCUT2D eigenvalue weighted by Gasteiger charge is 2.27. The molecule has 1 aliphatic rings. The highest BCUT2D eigenvalue weighted by atomic mass is 16.1. The lowest BCUT2D eigenvalue weighted by molar-refractivity contribution is -0.117. The molecule has 2 aromatic carbocycles. The number of hydrogen-bond acceptors (Lipinski definition) is 1. The molecule has 0 aliphatic heterocycles. The number of carbonyl (C=O) groups excluding carboxylic acids is 1. The van der Waals surface area contributed by atoms with E-state index in [0.29, 0.717) is 11.7 Å². The first-order valence-electron chi connectivity index (χ1n) is 9.42. The van der Waals surface area contributed by atoms with Gasteiger partial charge in [-0.15, -0.1) is 0 Å². The number of para-hydroxylation sites is 1. The van der Waals surface area contributed by atoms with E-state index >= 15 is 0 Å². The SMILES string of the molecule is CC(=O)CCCCCC1Cc2ccccc2-c2[nH]c3ccccc3c21. The molecule has 128 valence electrons. The number of hydrogen-bond donors (Lipinski definition) is 1. The summed E-state index contributed by atoms with van der Waals surface area (Å²) in [6.45, 7) is 1.69. The Balaban J connectivity index is 1.63. The maximum atomic E-state index is 11.1. The summed E-state index contributed by atoms with van der Waals surface area (Å²) in [6.07, 6.45) is 6.42. The van der Waals surface area contributed by atoms with E-state index in [-0.39, 0.29) is 0 Å². The van der Waals surface area contributed by atoms with Crippen LogP contribution >= 0.6 is 0 Å². The molecule has 0 saturated heterocycles. The molecule has 25 heavy (non-hydrogen) atoms. The van der Waals surface area contributed by atoms with E-state index in [4.69, 9.17) is 0 Å². The average Bonchev–Trinajstić information content (AvgIpc) is 3.01. The molecule has 1 atom stereocenters. The van der Waals surface area contributed by atoms with Crippen molar-refractivity contribution in [2.75, 3.05) is 0 Å². The van der Waals surface area contributed by atoms with Crippen LogP contribution in [0.2, 0.25) is 0 Å². The Morgan fingerprint density at radius 1 is 1.04 bits per heavy atom. The lowest BCUT2D eigenvalue weighted by Crippen LogP contribution is -2.10. The Morgan fingerprint density at radius 2 is 1.84 bits per heavy atom. The van der Waals surface area contributed by atoms with Gasteiger partial charge >= 0.3 is 0 Å². The minimum Gasteiger partial charge on any atom is -0.354 e. The van der Waals surface area contributed by atoms with Crippen molar-refractivity contribution in [2.45, 2.75) is 51.4 Å². The zero-order valence-corrected chi connectivity index (χ0v) is 14.8. The van der Waals surface area contributed by atoms with Crippen LogP contribution in [-0.4, -0.2) is 10.8 Å². The minimum atomic E-state index is 0.311. The monoisotopic (exact) mass is 331 g/mol. The van der Waals surface area contributed by atoms with Crippen LogP contribution in [0.3, 0.4) is 0 Å². The van der Waals surface area contributed by atoms with Crippen molar-refractivity contribution in [1.82, 2.24) is 4.98 Å². The number of H-pyrrole nitrogens is 1. The maximum absolute atomic E-state index is 11.1. The second kappa shape index (κ2) is 6.87. The third kappa shape index (κ3) is 3.13. The second-order valence-electron chi connectivity index (χ2n) is 7.32. The number of Topliss-reactive ketones (excluding diaryl/α,β-unsaturated/α-hetero) is 1. The molecule has 2 nitrogen and oxygen atoms in total. The molecule has 0 bridgehead atoms. The van der Waals surface area contributed by atoms with E-state index in [1.54, 1.807) is 6.92 Å². The fraction of sp³-hybridized carbons (Fsp3) is 0.348. The Morgan fingerprint density at radius 3 is 2.72 bits per heavy atom. The topological polar surface area (TPSA) is 32.9 Å². The molecule has 1 aliphatic carbocycles. The van der Waals surface area contributed by atoms with Crippen molar-refractivity contribution in [3.8, 4) is 11.3 Å². The van der Waals surface area contributed by atoms with E-state index < -0.39 is 0 Å². The quantitative estimate of drug-likeness (QED) is 0.551. The molecule has 1 unspecified atom stereocenters. The fourth-order valence-electron chi connectivity index (χ4n) is 4.30. The van der Waals surface area contributed by atoms with Crippen LogP contribution in [0, 0.1) is 0 Å². The highest BCUT2D eigenvalue weighted by Crippen LogP contribution is 2.45. The fourth-order valence-corrected chi connectivity index (χ4v) is 4.30. The molecule has 2 heteroatoms. The number of aromatic amines is 1. The third-order valence-corrected chi connectivity index (χ3v) is 5.49. The summed E-state index contributed by atoms with van der Waals surface area (Å²) in [5.74, 6) is 0.879. The lowest BCUT2D eigenvalue weighted by atomic mass is 9.78. The smallest absolute Gasteiger partial charge is 0.129 e. The van der Waals surface area contributed by atoms with Crippen LogP contribution in [-0.2, 0) is 11.2 Å². The van der Waals surface area contributed by atoms with Crippen LogP contribution in [0.1, 0.15) is 56.1 Å². The maximum Gasteiger partial charge on any atom is 0.129 e. The van der Waals surface area contributed by atoms with Gasteiger partial charge in [0.15, 0.2) is 0 Å². The lowest BCUT2D eigenvalue weighted by Gasteiger charge is -2.25. The first kappa shape index (κ1) is 16.1. The number of rotatable bonds is 6. The van der Waals surface area contributed by atoms with Crippen molar-refractivity contribution in [3.05, 3.63) is 59.7 Å². The molecule has 3 aromatic rings. The number of unbranched alkanes of at least 4 members (excludes halogenated alkanes) is 2. The summed E-state index contributed by atoms with van der Waals surface area (Å²) in [4.78, 5) is 14.8. The van der Waals surface area contributed by atoms with Gasteiger partial charge in [0.05, 0.1) is 5.69 Å². The summed E-state index contributed by atoms with van der Waals surface area (Å²) >= 11 is 0. The molecular weight excluding hydrogens is 306 g/mol. The third-order valence-electron chi connectivity index (χ3n) is 5.49. The minimum absolute atomic E-state index is 0.311. The van der Waals surface area contributed by atoms with Crippen LogP contribution in [0.5, 0.6) is 0 Å². The van der Waals surface area contributed by atoms with Crippen molar-refractivity contribution in [1.29, 1.82) is 0 Å². The number of aromatic nitrogens is 1. The Labute approximate surface area is 149 Å². The Hall–Kier alpha value is -2.35. The first-order valence-corrected chi connectivity index (χ1v) is 9.42. The molecule has 1 heterocycles. The van der Waals surface area contributed by atoms with Gasteiger partial charge in [-0.2, -0.15) is 0 Å². The van der Waals surface area contributed by atoms with Gasteiger partial charge in [0.1, 0.15) is 5.78 Å². The van der Waals surface area contributed by atoms with E-state index in [9.17, 15) is 4.79 Å². The van der Waals surface area contributed by atoms with Crippen molar-refractivity contribution >= 4 is 16.7 Å². The predicted octanol–water partition coefficient (Wildman–Crippen LogP) is 6.01. The van der Waals surface area contributed by atoms with Gasteiger partial charge < -0.3 is 9.78 Å². The number of benzene rings is 2.